The van der Waals surface area contributed by atoms with E-state index >= 15 is 0 Å². The fourth-order valence-corrected chi connectivity index (χ4v) is 2.23. The van der Waals surface area contributed by atoms with Crippen molar-refractivity contribution in [2.24, 2.45) is 4.99 Å². The lowest BCUT2D eigenvalue weighted by molar-refractivity contribution is 0.187. The Morgan fingerprint density at radius 1 is 1.15 bits per heavy atom. The molecule has 7 heteroatoms. The first-order valence-electron chi connectivity index (χ1n) is 8.57. The maximum atomic E-state index is 11.2. The Kier molecular flexibility index (Phi) is 7.92. The van der Waals surface area contributed by atoms with Crippen LogP contribution in [0, 0.1) is 0 Å². The molecule has 0 saturated heterocycles. The number of hydrogen-bond donors (Lipinski definition) is 3. The molecule has 3 N–H and O–H groups in total. The summed E-state index contributed by atoms with van der Waals surface area (Å²) < 4.78 is 4.57. The summed E-state index contributed by atoms with van der Waals surface area (Å²) >= 11 is 0. The number of nitrogens with one attached hydrogen (secondary N) is 3. The standard InChI is InChI=1S/C19H25N5O2/c1-3-20-18(22-13-11-16-6-4-5-12-21-16)23-14-15-7-9-17(10-8-15)24-19(25)26-2/h4-10,12H,3,11,13-14H2,1-2H3,(H,24,25)(H2,20,22,23). The van der Waals surface area contributed by atoms with Crippen LogP contribution in [0.1, 0.15) is 18.2 Å². The number of carbonyl (C=O) groups excluding carboxylic acids is 1. The van der Waals surface area contributed by atoms with Crippen LogP contribution in [-0.4, -0.2) is 37.2 Å². The van der Waals surface area contributed by atoms with Gasteiger partial charge in [-0.15, -0.1) is 0 Å². The quantitative estimate of drug-likeness (QED) is 0.525. The molecule has 0 aliphatic rings. The molecule has 7 nitrogen and oxygen atoms in total. The smallest absolute Gasteiger partial charge is 0.411 e. The number of ether oxygens (including phenoxy) is 1. The third-order valence-electron chi connectivity index (χ3n) is 3.55. The fraction of sp³-hybridized carbons (Fsp3) is 0.316. The van der Waals surface area contributed by atoms with Crippen molar-refractivity contribution >= 4 is 17.7 Å². The summed E-state index contributed by atoms with van der Waals surface area (Å²) in [5.41, 5.74) is 2.77. The number of rotatable bonds is 7. The van der Waals surface area contributed by atoms with E-state index in [0.29, 0.717) is 12.2 Å². The molecule has 0 saturated carbocycles. The minimum Gasteiger partial charge on any atom is -0.453 e. The van der Waals surface area contributed by atoms with Gasteiger partial charge >= 0.3 is 6.09 Å². The minimum atomic E-state index is -0.484. The van der Waals surface area contributed by atoms with Crippen molar-refractivity contribution < 1.29 is 9.53 Å². The molecule has 0 fully saturated rings. The van der Waals surface area contributed by atoms with E-state index < -0.39 is 6.09 Å². The zero-order valence-corrected chi connectivity index (χ0v) is 15.2. The van der Waals surface area contributed by atoms with Crippen LogP contribution < -0.4 is 16.0 Å². The van der Waals surface area contributed by atoms with Gasteiger partial charge in [-0.1, -0.05) is 18.2 Å². The first-order chi connectivity index (χ1) is 12.7. The summed E-state index contributed by atoms with van der Waals surface area (Å²) in [5.74, 6) is 0.764. The molecule has 1 amide bonds. The number of nitrogens with zero attached hydrogens (tertiary/aromatic N) is 2. The first kappa shape index (κ1) is 19.2. The zero-order chi connectivity index (χ0) is 18.6. The first-order valence-corrected chi connectivity index (χ1v) is 8.57. The van der Waals surface area contributed by atoms with Crippen LogP contribution in [0.5, 0.6) is 0 Å². The maximum Gasteiger partial charge on any atom is 0.411 e. The lowest BCUT2D eigenvalue weighted by atomic mass is 10.2. The largest absolute Gasteiger partial charge is 0.453 e. The summed E-state index contributed by atoms with van der Waals surface area (Å²) in [6, 6.07) is 13.4. The molecule has 0 aliphatic carbocycles. The van der Waals surface area contributed by atoms with Crippen molar-refractivity contribution in [1.82, 2.24) is 15.6 Å². The number of pyridine rings is 1. The molecule has 26 heavy (non-hydrogen) atoms. The molecule has 0 atom stereocenters. The average Bonchev–Trinajstić information content (AvgIpc) is 2.68. The van der Waals surface area contributed by atoms with Gasteiger partial charge in [-0.2, -0.15) is 0 Å². The van der Waals surface area contributed by atoms with Crippen LogP contribution in [-0.2, 0) is 17.7 Å². The molecule has 1 aromatic heterocycles. The van der Waals surface area contributed by atoms with Gasteiger partial charge in [0.2, 0.25) is 0 Å². The van der Waals surface area contributed by atoms with Crippen LogP contribution in [0.15, 0.2) is 53.7 Å². The van der Waals surface area contributed by atoms with Crippen molar-refractivity contribution in [3.8, 4) is 0 Å². The predicted octanol–water partition coefficient (Wildman–Crippen LogP) is 2.56. The van der Waals surface area contributed by atoms with Crippen molar-refractivity contribution in [3.05, 3.63) is 59.9 Å². The summed E-state index contributed by atoms with van der Waals surface area (Å²) in [7, 11) is 1.33. The number of aromatic nitrogens is 1. The highest BCUT2D eigenvalue weighted by atomic mass is 16.5. The molecule has 0 aliphatic heterocycles. The van der Waals surface area contributed by atoms with Crippen molar-refractivity contribution in [1.29, 1.82) is 0 Å². The molecule has 2 aromatic rings. The van der Waals surface area contributed by atoms with Crippen LogP contribution >= 0.6 is 0 Å². The Labute approximate surface area is 153 Å². The van der Waals surface area contributed by atoms with Crippen molar-refractivity contribution in [2.75, 3.05) is 25.5 Å². The Bertz CT molecular complexity index is 702. The number of amides is 1. The van der Waals surface area contributed by atoms with Crippen LogP contribution in [0.3, 0.4) is 0 Å². The molecular weight excluding hydrogens is 330 g/mol. The van der Waals surface area contributed by atoms with Gasteiger partial charge in [0.25, 0.3) is 0 Å². The van der Waals surface area contributed by atoms with Gasteiger partial charge in [0.05, 0.1) is 13.7 Å². The van der Waals surface area contributed by atoms with E-state index in [2.05, 4.69) is 30.7 Å². The van der Waals surface area contributed by atoms with E-state index in [1.807, 2.05) is 49.4 Å². The molecule has 0 radical (unpaired) electrons. The summed E-state index contributed by atoms with van der Waals surface area (Å²) in [4.78, 5) is 20.1. The molecule has 1 heterocycles. The number of aliphatic imine (C=N–C) groups is 1. The van der Waals surface area contributed by atoms with E-state index in [0.717, 1.165) is 36.7 Å². The number of carbonyl (C=O) groups is 1. The van der Waals surface area contributed by atoms with E-state index in [1.165, 1.54) is 7.11 Å². The zero-order valence-electron chi connectivity index (χ0n) is 15.2. The summed E-state index contributed by atoms with van der Waals surface area (Å²) in [6.07, 6.45) is 2.15. The molecule has 0 unspecified atom stereocenters. The lowest BCUT2D eigenvalue weighted by Gasteiger charge is -2.11. The van der Waals surface area contributed by atoms with Gasteiger partial charge in [-0.3, -0.25) is 10.3 Å². The highest BCUT2D eigenvalue weighted by molar-refractivity contribution is 5.84. The summed E-state index contributed by atoms with van der Waals surface area (Å²) in [6.45, 7) is 4.11. The topological polar surface area (TPSA) is 87.6 Å². The Morgan fingerprint density at radius 3 is 2.62 bits per heavy atom. The van der Waals surface area contributed by atoms with Gasteiger partial charge in [0.1, 0.15) is 0 Å². The van der Waals surface area contributed by atoms with Crippen LogP contribution in [0.25, 0.3) is 0 Å². The molecular formula is C19H25N5O2. The molecule has 2 rings (SSSR count). The molecule has 0 spiro atoms. The SMILES string of the molecule is CCNC(=NCc1ccc(NC(=O)OC)cc1)NCCc1ccccn1. The van der Waals surface area contributed by atoms with Gasteiger partial charge in [-0.05, 0) is 36.8 Å². The van der Waals surface area contributed by atoms with Crippen molar-refractivity contribution in [2.45, 2.75) is 19.9 Å². The minimum absolute atomic E-state index is 0.484. The number of hydrogen-bond acceptors (Lipinski definition) is 4. The lowest BCUT2D eigenvalue weighted by Crippen LogP contribution is -2.38. The predicted molar refractivity (Wildman–Crippen MR) is 103 cm³/mol. The maximum absolute atomic E-state index is 11.2. The van der Waals surface area contributed by atoms with E-state index in [4.69, 9.17) is 0 Å². The van der Waals surface area contributed by atoms with E-state index in [1.54, 1.807) is 6.20 Å². The van der Waals surface area contributed by atoms with Crippen LogP contribution in [0.4, 0.5) is 10.5 Å². The second-order valence-corrected chi connectivity index (χ2v) is 5.51. The third-order valence-corrected chi connectivity index (χ3v) is 3.55. The van der Waals surface area contributed by atoms with Crippen LogP contribution in [0.2, 0.25) is 0 Å². The Balaban J connectivity index is 1.86. The number of guanidine groups is 1. The van der Waals surface area contributed by atoms with Gasteiger partial charge in [-0.25, -0.2) is 9.79 Å². The second kappa shape index (κ2) is 10.7. The second-order valence-electron chi connectivity index (χ2n) is 5.51. The van der Waals surface area contributed by atoms with E-state index in [-0.39, 0.29) is 0 Å². The van der Waals surface area contributed by atoms with Gasteiger partial charge in [0, 0.05) is 37.1 Å². The molecule has 138 valence electrons. The number of benzene rings is 1. The Morgan fingerprint density at radius 2 is 1.96 bits per heavy atom. The van der Waals surface area contributed by atoms with Gasteiger partial charge in [0.15, 0.2) is 5.96 Å². The van der Waals surface area contributed by atoms with Gasteiger partial charge < -0.3 is 15.4 Å². The normalized spacial score (nSPS) is 10.9. The van der Waals surface area contributed by atoms with Crippen molar-refractivity contribution in [3.63, 3.8) is 0 Å². The Hall–Kier alpha value is -3.09. The number of anilines is 1. The highest BCUT2D eigenvalue weighted by Crippen LogP contribution is 2.10. The number of methoxy groups -OCH3 is 1. The fourth-order valence-electron chi connectivity index (χ4n) is 2.23. The highest BCUT2D eigenvalue weighted by Gasteiger charge is 2.01. The summed E-state index contributed by atoms with van der Waals surface area (Å²) in [5, 5.41) is 9.16. The third kappa shape index (κ3) is 6.80. The monoisotopic (exact) mass is 355 g/mol. The average molecular weight is 355 g/mol. The molecule has 0 bridgehead atoms. The molecule has 1 aromatic carbocycles. The van der Waals surface area contributed by atoms with E-state index in [9.17, 15) is 4.79 Å².